The van der Waals surface area contributed by atoms with Crippen LogP contribution >= 0.6 is 0 Å². The molecule has 0 bridgehead atoms. The molecular formula is C13H18N4O4. The Kier molecular flexibility index (Phi) is 3.62. The summed E-state index contributed by atoms with van der Waals surface area (Å²) in [6, 6.07) is -0.321. The van der Waals surface area contributed by atoms with Gasteiger partial charge >= 0.3 is 6.03 Å². The van der Waals surface area contributed by atoms with Gasteiger partial charge in [0.1, 0.15) is 12.1 Å². The van der Waals surface area contributed by atoms with Crippen molar-refractivity contribution in [3.8, 4) is 0 Å². The van der Waals surface area contributed by atoms with Gasteiger partial charge in [-0.15, -0.1) is 0 Å². The molecule has 1 aromatic heterocycles. The van der Waals surface area contributed by atoms with Crippen molar-refractivity contribution in [2.24, 2.45) is 0 Å². The number of nitrogens with one attached hydrogen (secondary N) is 1. The lowest BCUT2D eigenvalue weighted by Gasteiger charge is -2.19. The van der Waals surface area contributed by atoms with E-state index in [9.17, 15) is 9.59 Å². The minimum Gasteiger partial charge on any atom is -0.377 e. The zero-order valence-corrected chi connectivity index (χ0v) is 11.9. The number of imide groups is 1. The molecule has 1 aliphatic carbocycles. The first-order valence-electron chi connectivity index (χ1n) is 7.09. The normalized spacial score (nSPS) is 20.5. The smallest absolute Gasteiger partial charge is 0.325 e. The Morgan fingerprint density at radius 1 is 1.38 bits per heavy atom. The van der Waals surface area contributed by atoms with Gasteiger partial charge in [-0.05, 0) is 12.8 Å². The number of methoxy groups -OCH3 is 1. The Hall–Kier alpha value is -1.96. The number of hydrogen-bond acceptors (Lipinski definition) is 6. The molecule has 21 heavy (non-hydrogen) atoms. The van der Waals surface area contributed by atoms with E-state index < -0.39 is 5.54 Å². The third-order valence-electron chi connectivity index (χ3n) is 4.04. The van der Waals surface area contributed by atoms with E-state index >= 15 is 0 Å². The lowest BCUT2D eigenvalue weighted by molar-refractivity contribution is -0.131. The van der Waals surface area contributed by atoms with Gasteiger partial charge < -0.3 is 14.6 Å². The van der Waals surface area contributed by atoms with Gasteiger partial charge in [0, 0.05) is 20.1 Å². The van der Waals surface area contributed by atoms with Crippen LogP contribution in [0.1, 0.15) is 37.4 Å². The fourth-order valence-corrected chi connectivity index (χ4v) is 2.98. The van der Waals surface area contributed by atoms with E-state index in [4.69, 9.17) is 9.26 Å². The van der Waals surface area contributed by atoms with Crippen LogP contribution in [0.4, 0.5) is 4.79 Å². The van der Waals surface area contributed by atoms with E-state index in [2.05, 4.69) is 15.5 Å². The summed E-state index contributed by atoms with van der Waals surface area (Å²) in [5.41, 5.74) is -0.660. The van der Waals surface area contributed by atoms with Gasteiger partial charge in [-0.2, -0.15) is 4.98 Å². The fraction of sp³-hybridized carbons (Fsp3) is 0.692. The van der Waals surface area contributed by atoms with Crippen LogP contribution in [0.5, 0.6) is 0 Å². The van der Waals surface area contributed by atoms with E-state index in [0.29, 0.717) is 18.1 Å². The van der Waals surface area contributed by atoms with Crippen LogP contribution in [-0.2, 0) is 22.6 Å². The number of aromatic nitrogens is 2. The van der Waals surface area contributed by atoms with Crippen LogP contribution in [0.2, 0.25) is 0 Å². The summed E-state index contributed by atoms with van der Waals surface area (Å²) in [5.74, 6) is 0.730. The molecule has 1 saturated heterocycles. The number of carbonyl (C=O) groups excluding carboxylic acids is 2. The number of nitrogens with zero attached hydrogens (tertiary/aromatic N) is 3. The molecule has 2 aliphatic rings. The number of ether oxygens (including phenoxy) is 1. The number of carbonyl (C=O) groups is 2. The predicted octanol–water partition coefficient (Wildman–Crippen LogP) is 0.623. The predicted molar refractivity (Wildman–Crippen MR) is 70.2 cm³/mol. The molecule has 0 atom stereocenters. The maximum atomic E-state index is 12.4. The molecule has 3 rings (SSSR count). The maximum Gasteiger partial charge on any atom is 0.325 e. The van der Waals surface area contributed by atoms with Crippen molar-refractivity contribution in [3.05, 3.63) is 11.7 Å². The zero-order chi connectivity index (χ0) is 14.9. The molecule has 0 radical (unpaired) electrons. The highest BCUT2D eigenvalue weighted by Gasteiger charge is 2.52. The topological polar surface area (TPSA) is 97.6 Å². The number of urea groups is 1. The molecule has 0 aromatic carbocycles. The van der Waals surface area contributed by atoms with Crippen LogP contribution in [0.25, 0.3) is 0 Å². The SMILES string of the molecule is COCc1noc(CCN2C(=O)NC3(CCCC3)C2=O)n1. The molecular weight excluding hydrogens is 276 g/mol. The quantitative estimate of drug-likeness (QED) is 0.800. The van der Waals surface area contributed by atoms with Crippen LogP contribution in [0.15, 0.2) is 4.52 Å². The van der Waals surface area contributed by atoms with Gasteiger partial charge in [-0.25, -0.2) is 4.79 Å². The first-order valence-corrected chi connectivity index (χ1v) is 7.09. The molecule has 1 spiro atoms. The molecule has 2 fully saturated rings. The van der Waals surface area contributed by atoms with E-state index in [1.165, 1.54) is 4.90 Å². The second-order valence-corrected chi connectivity index (χ2v) is 5.46. The van der Waals surface area contributed by atoms with E-state index in [1.54, 1.807) is 7.11 Å². The zero-order valence-electron chi connectivity index (χ0n) is 11.9. The molecule has 1 aliphatic heterocycles. The summed E-state index contributed by atoms with van der Waals surface area (Å²) in [6.07, 6.45) is 3.76. The average molecular weight is 294 g/mol. The number of amides is 3. The molecule has 3 amide bonds. The van der Waals surface area contributed by atoms with Crippen LogP contribution in [0, 0.1) is 0 Å². The lowest BCUT2D eigenvalue weighted by Crippen LogP contribution is -2.44. The second kappa shape index (κ2) is 5.44. The summed E-state index contributed by atoms with van der Waals surface area (Å²) in [5, 5.41) is 6.59. The van der Waals surface area contributed by atoms with Gasteiger partial charge in [0.25, 0.3) is 5.91 Å². The highest BCUT2D eigenvalue weighted by molar-refractivity contribution is 6.07. The summed E-state index contributed by atoms with van der Waals surface area (Å²) in [4.78, 5) is 29.8. The Labute approximate surface area is 121 Å². The highest BCUT2D eigenvalue weighted by atomic mass is 16.5. The number of hydrogen-bond donors (Lipinski definition) is 1. The molecule has 8 nitrogen and oxygen atoms in total. The summed E-state index contributed by atoms with van der Waals surface area (Å²) < 4.78 is 9.96. The molecule has 114 valence electrons. The molecule has 1 N–H and O–H groups in total. The van der Waals surface area contributed by atoms with Crippen LogP contribution in [-0.4, -0.2) is 46.2 Å². The fourth-order valence-electron chi connectivity index (χ4n) is 2.98. The first-order chi connectivity index (χ1) is 10.1. The highest BCUT2D eigenvalue weighted by Crippen LogP contribution is 2.34. The van der Waals surface area contributed by atoms with E-state index in [0.717, 1.165) is 25.7 Å². The largest absolute Gasteiger partial charge is 0.377 e. The van der Waals surface area contributed by atoms with Crippen molar-refractivity contribution in [1.82, 2.24) is 20.4 Å². The Morgan fingerprint density at radius 3 is 2.86 bits per heavy atom. The monoisotopic (exact) mass is 294 g/mol. The van der Waals surface area contributed by atoms with Crippen molar-refractivity contribution >= 4 is 11.9 Å². The van der Waals surface area contributed by atoms with Gasteiger partial charge in [0.05, 0.1) is 0 Å². The first kappa shape index (κ1) is 14.0. The molecule has 8 heteroatoms. The van der Waals surface area contributed by atoms with Gasteiger partial charge in [-0.1, -0.05) is 18.0 Å². The third kappa shape index (κ3) is 2.51. The maximum absolute atomic E-state index is 12.4. The van der Waals surface area contributed by atoms with E-state index in [1.807, 2.05) is 0 Å². The summed E-state index contributed by atoms with van der Waals surface area (Å²) in [6.45, 7) is 0.525. The van der Waals surface area contributed by atoms with Crippen molar-refractivity contribution in [3.63, 3.8) is 0 Å². The third-order valence-corrected chi connectivity index (χ3v) is 4.04. The van der Waals surface area contributed by atoms with Crippen molar-refractivity contribution < 1.29 is 18.8 Å². The summed E-state index contributed by atoms with van der Waals surface area (Å²) >= 11 is 0. The molecule has 0 unspecified atom stereocenters. The molecule has 1 aromatic rings. The van der Waals surface area contributed by atoms with Gasteiger partial charge in [0.15, 0.2) is 5.82 Å². The minimum atomic E-state index is -0.660. The van der Waals surface area contributed by atoms with Crippen LogP contribution < -0.4 is 5.32 Å². The van der Waals surface area contributed by atoms with Gasteiger partial charge in [0.2, 0.25) is 5.89 Å². The Bertz CT molecular complexity index is 550. The average Bonchev–Trinajstić information content (AvgIpc) is 3.14. The van der Waals surface area contributed by atoms with Crippen LogP contribution in [0.3, 0.4) is 0 Å². The Balaban J connectivity index is 1.62. The van der Waals surface area contributed by atoms with E-state index in [-0.39, 0.29) is 25.1 Å². The minimum absolute atomic E-state index is 0.123. The standard InChI is InChI=1S/C13H18N4O4/c1-20-8-9-14-10(21-16-9)4-7-17-11(18)13(15-12(17)19)5-2-3-6-13/h2-8H2,1H3,(H,15,19). The second-order valence-electron chi connectivity index (χ2n) is 5.46. The number of rotatable bonds is 5. The Morgan fingerprint density at radius 2 is 2.14 bits per heavy atom. The molecule has 1 saturated carbocycles. The van der Waals surface area contributed by atoms with Gasteiger partial charge in [-0.3, -0.25) is 9.69 Å². The molecule has 2 heterocycles. The lowest BCUT2D eigenvalue weighted by atomic mass is 9.98. The van der Waals surface area contributed by atoms with Crippen molar-refractivity contribution in [2.45, 2.75) is 44.2 Å². The van der Waals surface area contributed by atoms with Crippen molar-refractivity contribution in [1.29, 1.82) is 0 Å². The summed E-state index contributed by atoms with van der Waals surface area (Å²) in [7, 11) is 1.55. The van der Waals surface area contributed by atoms with Crippen molar-refractivity contribution in [2.75, 3.05) is 13.7 Å².